The Morgan fingerprint density at radius 2 is 2.04 bits per heavy atom. The lowest BCUT2D eigenvalue weighted by molar-refractivity contribution is 0.0890. The van der Waals surface area contributed by atoms with Crippen LogP contribution in [0.3, 0.4) is 0 Å². The number of ether oxygens (including phenoxy) is 2. The minimum Gasteiger partial charge on any atom is -0.490 e. The Balaban J connectivity index is 1.45. The van der Waals surface area contributed by atoms with E-state index in [2.05, 4.69) is 22.1 Å². The van der Waals surface area contributed by atoms with Crippen molar-refractivity contribution in [2.24, 2.45) is 0 Å². The largest absolute Gasteiger partial charge is 0.490 e. The molecule has 2 atom stereocenters. The summed E-state index contributed by atoms with van der Waals surface area (Å²) in [5.41, 5.74) is 1.24. The number of fused-ring (bicyclic) bond motifs is 1. The molecule has 25 heavy (non-hydrogen) atoms. The monoisotopic (exact) mass is 343 g/mol. The maximum atomic E-state index is 10.4. The molecule has 0 aliphatic carbocycles. The summed E-state index contributed by atoms with van der Waals surface area (Å²) in [6.45, 7) is 3.60. The van der Waals surface area contributed by atoms with E-state index in [0.717, 1.165) is 37.3 Å². The Morgan fingerprint density at radius 3 is 2.88 bits per heavy atom. The van der Waals surface area contributed by atoms with Gasteiger partial charge < -0.3 is 14.6 Å². The molecule has 3 heterocycles. The first-order valence-corrected chi connectivity index (χ1v) is 9.09. The highest BCUT2D eigenvalue weighted by atomic mass is 16.5. The lowest BCUT2D eigenvalue weighted by Crippen LogP contribution is -2.34. The van der Waals surface area contributed by atoms with Crippen LogP contribution in [0.4, 0.5) is 0 Å². The van der Waals surface area contributed by atoms with Crippen molar-refractivity contribution in [1.82, 2.24) is 14.7 Å². The van der Waals surface area contributed by atoms with Gasteiger partial charge in [-0.1, -0.05) is 6.07 Å². The van der Waals surface area contributed by atoms with Crippen molar-refractivity contribution >= 4 is 0 Å². The van der Waals surface area contributed by atoms with Gasteiger partial charge in [-0.25, -0.2) is 0 Å². The molecule has 134 valence electrons. The molecule has 2 aromatic rings. The molecule has 0 unspecified atom stereocenters. The van der Waals surface area contributed by atoms with Gasteiger partial charge in [0.25, 0.3) is 0 Å². The normalized spacial score (nSPS) is 21.9. The molecular formula is C19H25N3O3. The van der Waals surface area contributed by atoms with Crippen molar-refractivity contribution in [2.45, 2.75) is 38.0 Å². The van der Waals surface area contributed by atoms with Crippen LogP contribution in [0.15, 0.2) is 36.7 Å². The highest BCUT2D eigenvalue weighted by molar-refractivity contribution is 5.44. The number of β-amino-alcohol motifs (C(OH)–C–C–N with tert-alkyl or cyclic N) is 1. The predicted octanol–water partition coefficient (Wildman–Crippen LogP) is 2.24. The number of aliphatic hydroxyl groups excluding tert-OH is 1. The highest BCUT2D eigenvalue weighted by Crippen LogP contribution is 2.37. The fourth-order valence-corrected chi connectivity index (χ4v) is 3.76. The first-order chi connectivity index (χ1) is 12.3. The van der Waals surface area contributed by atoms with Crippen molar-refractivity contribution in [3.05, 3.63) is 42.2 Å². The Bertz CT molecular complexity index is 689. The summed E-state index contributed by atoms with van der Waals surface area (Å²) < 4.78 is 13.3. The summed E-state index contributed by atoms with van der Waals surface area (Å²) in [5, 5.41) is 14.6. The van der Waals surface area contributed by atoms with Gasteiger partial charge in [0.05, 0.1) is 25.9 Å². The van der Waals surface area contributed by atoms with Crippen molar-refractivity contribution in [3.63, 3.8) is 0 Å². The molecule has 1 aromatic heterocycles. The van der Waals surface area contributed by atoms with E-state index < -0.39 is 6.10 Å². The van der Waals surface area contributed by atoms with Gasteiger partial charge in [0.15, 0.2) is 11.5 Å². The van der Waals surface area contributed by atoms with Crippen LogP contribution in [-0.2, 0) is 6.54 Å². The Hall–Kier alpha value is -2.05. The summed E-state index contributed by atoms with van der Waals surface area (Å²) in [4.78, 5) is 2.37. The second kappa shape index (κ2) is 7.45. The van der Waals surface area contributed by atoms with Crippen LogP contribution in [0.1, 0.15) is 30.9 Å². The first kappa shape index (κ1) is 16.4. The molecule has 1 saturated heterocycles. The third-order valence-electron chi connectivity index (χ3n) is 4.92. The van der Waals surface area contributed by atoms with Gasteiger partial charge >= 0.3 is 0 Å². The molecule has 2 aliphatic rings. The lowest BCUT2D eigenvalue weighted by atomic mass is 10.0. The highest BCUT2D eigenvalue weighted by Gasteiger charge is 2.28. The van der Waals surface area contributed by atoms with E-state index in [0.29, 0.717) is 32.3 Å². The van der Waals surface area contributed by atoms with Gasteiger partial charge in [-0.2, -0.15) is 5.10 Å². The third kappa shape index (κ3) is 3.80. The predicted molar refractivity (Wildman–Crippen MR) is 93.8 cm³/mol. The van der Waals surface area contributed by atoms with E-state index in [-0.39, 0.29) is 0 Å². The molecule has 0 bridgehead atoms. The maximum Gasteiger partial charge on any atom is 0.161 e. The summed E-state index contributed by atoms with van der Waals surface area (Å²) in [5.74, 6) is 1.68. The molecule has 1 N–H and O–H groups in total. The number of aliphatic hydroxyl groups is 1. The second-order valence-electron chi connectivity index (χ2n) is 6.79. The Kier molecular flexibility index (Phi) is 4.90. The van der Waals surface area contributed by atoms with E-state index in [1.165, 1.54) is 5.56 Å². The molecule has 6 heteroatoms. The molecule has 6 nitrogen and oxygen atoms in total. The third-order valence-corrected chi connectivity index (χ3v) is 4.92. The number of hydrogen-bond donors (Lipinski definition) is 1. The van der Waals surface area contributed by atoms with Gasteiger partial charge in [-0.05, 0) is 43.1 Å². The fourth-order valence-electron chi connectivity index (χ4n) is 3.76. The molecular weight excluding hydrogens is 318 g/mol. The molecule has 0 amide bonds. The van der Waals surface area contributed by atoms with Crippen molar-refractivity contribution in [1.29, 1.82) is 0 Å². The molecule has 4 rings (SSSR count). The van der Waals surface area contributed by atoms with E-state index in [4.69, 9.17) is 9.47 Å². The molecule has 0 radical (unpaired) electrons. The van der Waals surface area contributed by atoms with E-state index in [1.807, 2.05) is 18.3 Å². The zero-order chi connectivity index (χ0) is 17.1. The first-order valence-electron chi connectivity index (χ1n) is 9.09. The van der Waals surface area contributed by atoms with Crippen LogP contribution in [0.2, 0.25) is 0 Å². The van der Waals surface area contributed by atoms with Crippen LogP contribution in [0, 0.1) is 0 Å². The minimum atomic E-state index is -0.430. The quantitative estimate of drug-likeness (QED) is 0.902. The smallest absolute Gasteiger partial charge is 0.161 e. The number of likely N-dealkylation sites (tertiary alicyclic amines) is 1. The Labute approximate surface area is 148 Å². The Morgan fingerprint density at radius 1 is 1.16 bits per heavy atom. The maximum absolute atomic E-state index is 10.4. The number of nitrogens with zero attached hydrogens (tertiary/aromatic N) is 3. The van der Waals surface area contributed by atoms with Gasteiger partial charge in [-0.3, -0.25) is 9.58 Å². The topological polar surface area (TPSA) is 59.8 Å². The molecule has 1 aromatic carbocycles. The molecule has 0 spiro atoms. The number of hydrogen-bond acceptors (Lipinski definition) is 5. The number of benzene rings is 1. The molecule has 0 saturated carbocycles. The summed E-state index contributed by atoms with van der Waals surface area (Å²) in [6, 6.07) is 8.47. The zero-order valence-electron chi connectivity index (χ0n) is 14.4. The van der Waals surface area contributed by atoms with Crippen molar-refractivity contribution in [3.8, 4) is 11.5 Å². The van der Waals surface area contributed by atoms with Gasteiger partial charge in [-0.15, -0.1) is 0 Å². The zero-order valence-corrected chi connectivity index (χ0v) is 14.4. The van der Waals surface area contributed by atoms with Crippen LogP contribution >= 0.6 is 0 Å². The minimum absolute atomic E-state index is 0.324. The SMILES string of the molecule is O[C@@H](CN1CCC[C@H]1c1ccc2c(c1)OCCCO2)Cn1cccn1. The summed E-state index contributed by atoms with van der Waals surface area (Å²) in [6.07, 6.45) is 6.36. The fraction of sp³-hybridized carbons (Fsp3) is 0.526. The molecule has 1 fully saturated rings. The van der Waals surface area contributed by atoms with Crippen LogP contribution < -0.4 is 9.47 Å². The van der Waals surface area contributed by atoms with Crippen molar-refractivity contribution < 1.29 is 14.6 Å². The second-order valence-corrected chi connectivity index (χ2v) is 6.79. The van der Waals surface area contributed by atoms with Gasteiger partial charge in [0, 0.05) is 31.4 Å². The van der Waals surface area contributed by atoms with Crippen LogP contribution in [0.25, 0.3) is 0 Å². The van der Waals surface area contributed by atoms with Gasteiger partial charge in [0.2, 0.25) is 0 Å². The van der Waals surface area contributed by atoms with E-state index in [9.17, 15) is 5.11 Å². The number of aromatic nitrogens is 2. The van der Waals surface area contributed by atoms with Crippen LogP contribution in [-0.4, -0.2) is 52.2 Å². The summed E-state index contributed by atoms with van der Waals surface area (Å²) >= 11 is 0. The van der Waals surface area contributed by atoms with Crippen LogP contribution in [0.5, 0.6) is 11.5 Å². The summed E-state index contributed by atoms with van der Waals surface area (Å²) in [7, 11) is 0. The number of rotatable bonds is 5. The van der Waals surface area contributed by atoms with Crippen molar-refractivity contribution in [2.75, 3.05) is 26.3 Å². The molecule has 2 aliphatic heterocycles. The van der Waals surface area contributed by atoms with E-state index in [1.54, 1.807) is 10.9 Å². The lowest BCUT2D eigenvalue weighted by Gasteiger charge is -2.27. The van der Waals surface area contributed by atoms with Gasteiger partial charge in [0.1, 0.15) is 0 Å². The van der Waals surface area contributed by atoms with E-state index >= 15 is 0 Å². The standard InChI is InChI=1S/C19H25N3O3/c23-16(14-22-9-2-7-20-22)13-21-8-1-4-17(21)15-5-6-18-19(12-15)25-11-3-10-24-18/h2,5-7,9,12,16-17,23H,1,3-4,8,10-11,13-14H2/t16-,17-/m0/s1. The average molecular weight is 343 g/mol. The average Bonchev–Trinajstić information content (AvgIpc) is 3.22.